The maximum atomic E-state index is 12.2. The third-order valence-corrected chi connectivity index (χ3v) is 3.18. The third-order valence-electron chi connectivity index (χ3n) is 3.18. The van der Waals surface area contributed by atoms with Gasteiger partial charge in [0.1, 0.15) is 11.3 Å². The second-order valence-electron chi connectivity index (χ2n) is 4.39. The molecule has 1 aliphatic carbocycles. The molecule has 2 nitrogen and oxygen atoms in total. The molecular formula is C14H14O2. The monoisotopic (exact) mass is 214 g/mol. The lowest BCUT2D eigenvalue weighted by Gasteiger charge is -1.98. The summed E-state index contributed by atoms with van der Waals surface area (Å²) >= 11 is 0. The molecule has 1 aromatic carbocycles. The quantitative estimate of drug-likeness (QED) is 0.731. The van der Waals surface area contributed by atoms with Gasteiger partial charge in [-0.25, -0.2) is 0 Å². The summed E-state index contributed by atoms with van der Waals surface area (Å²) in [7, 11) is 0. The van der Waals surface area contributed by atoms with E-state index in [0.717, 1.165) is 41.6 Å². The van der Waals surface area contributed by atoms with Gasteiger partial charge in [-0.1, -0.05) is 25.1 Å². The molecular weight excluding hydrogens is 200 g/mol. The number of Topliss-reactive ketones (excluding diaryl/α,β-unsaturated/α-hetero) is 1. The molecule has 0 amide bonds. The zero-order valence-electron chi connectivity index (χ0n) is 9.32. The van der Waals surface area contributed by atoms with E-state index >= 15 is 0 Å². The fraction of sp³-hybridized carbons (Fsp3) is 0.357. The van der Waals surface area contributed by atoms with E-state index in [4.69, 9.17) is 4.42 Å². The highest BCUT2D eigenvalue weighted by Crippen LogP contribution is 2.37. The van der Waals surface area contributed by atoms with E-state index in [2.05, 4.69) is 0 Å². The van der Waals surface area contributed by atoms with Crippen molar-refractivity contribution in [2.45, 2.75) is 26.2 Å². The van der Waals surface area contributed by atoms with Gasteiger partial charge in [0, 0.05) is 17.7 Å². The Morgan fingerprint density at radius 3 is 2.81 bits per heavy atom. The van der Waals surface area contributed by atoms with Crippen LogP contribution in [-0.4, -0.2) is 5.78 Å². The standard InChI is InChI=1S/C14H14O2/c1-2-11-13(14(15)9-7-8-9)10-5-3-4-6-12(10)16-11/h3-6,9H,2,7-8H2,1H3. The molecule has 0 N–H and O–H groups in total. The Bertz CT molecular complexity index is 547. The molecule has 0 saturated heterocycles. The number of hydrogen-bond acceptors (Lipinski definition) is 2. The van der Waals surface area contributed by atoms with Gasteiger partial charge in [-0.2, -0.15) is 0 Å². The molecule has 1 aromatic heterocycles. The van der Waals surface area contributed by atoms with E-state index in [-0.39, 0.29) is 11.7 Å². The molecule has 0 aliphatic heterocycles. The predicted molar refractivity (Wildman–Crippen MR) is 62.6 cm³/mol. The van der Waals surface area contributed by atoms with Crippen LogP contribution >= 0.6 is 0 Å². The molecule has 0 spiro atoms. The van der Waals surface area contributed by atoms with Gasteiger partial charge in [-0.15, -0.1) is 0 Å². The van der Waals surface area contributed by atoms with E-state index in [1.54, 1.807) is 0 Å². The van der Waals surface area contributed by atoms with E-state index in [1.165, 1.54) is 0 Å². The Morgan fingerprint density at radius 1 is 1.38 bits per heavy atom. The molecule has 16 heavy (non-hydrogen) atoms. The van der Waals surface area contributed by atoms with E-state index in [1.807, 2.05) is 31.2 Å². The van der Waals surface area contributed by atoms with Gasteiger partial charge >= 0.3 is 0 Å². The van der Waals surface area contributed by atoms with Crippen LogP contribution in [-0.2, 0) is 6.42 Å². The van der Waals surface area contributed by atoms with Gasteiger partial charge in [-0.05, 0) is 18.9 Å². The number of fused-ring (bicyclic) bond motifs is 1. The van der Waals surface area contributed by atoms with Gasteiger partial charge in [0.2, 0.25) is 0 Å². The second kappa shape index (κ2) is 3.48. The third kappa shape index (κ3) is 1.37. The van der Waals surface area contributed by atoms with Crippen molar-refractivity contribution in [3.63, 3.8) is 0 Å². The van der Waals surface area contributed by atoms with Crippen molar-refractivity contribution in [2.24, 2.45) is 5.92 Å². The molecule has 1 saturated carbocycles. The molecule has 2 heteroatoms. The molecule has 0 unspecified atom stereocenters. The van der Waals surface area contributed by atoms with Crippen LogP contribution in [0.3, 0.4) is 0 Å². The maximum absolute atomic E-state index is 12.2. The minimum Gasteiger partial charge on any atom is -0.460 e. The molecule has 1 aliphatic rings. The second-order valence-corrected chi connectivity index (χ2v) is 4.39. The van der Waals surface area contributed by atoms with Crippen LogP contribution in [0.15, 0.2) is 28.7 Å². The van der Waals surface area contributed by atoms with Gasteiger partial charge in [-0.3, -0.25) is 4.79 Å². The highest BCUT2D eigenvalue weighted by Gasteiger charge is 2.33. The summed E-state index contributed by atoms with van der Waals surface area (Å²) in [4.78, 5) is 12.2. The van der Waals surface area contributed by atoms with Crippen molar-refractivity contribution in [2.75, 3.05) is 0 Å². The summed E-state index contributed by atoms with van der Waals surface area (Å²) in [6, 6.07) is 7.81. The number of furan rings is 1. The lowest BCUT2D eigenvalue weighted by atomic mass is 10.0. The average Bonchev–Trinajstić information content (AvgIpc) is 3.08. The van der Waals surface area contributed by atoms with Gasteiger partial charge in [0.15, 0.2) is 5.78 Å². The van der Waals surface area contributed by atoms with Crippen molar-refractivity contribution in [1.29, 1.82) is 0 Å². The Labute approximate surface area is 94.3 Å². The summed E-state index contributed by atoms with van der Waals surface area (Å²) in [5.74, 6) is 1.38. The molecule has 1 heterocycles. The minimum atomic E-state index is 0.256. The zero-order chi connectivity index (χ0) is 11.1. The molecule has 0 atom stereocenters. The summed E-state index contributed by atoms with van der Waals surface area (Å²) < 4.78 is 5.73. The van der Waals surface area contributed by atoms with Crippen LogP contribution in [0, 0.1) is 5.92 Å². The summed E-state index contributed by atoms with van der Waals surface area (Å²) in [5, 5.41) is 0.983. The van der Waals surface area contributed by atoms with Crippen molar-refractivity contribution in [3.8, 4) is 0 Å². The Hall–Kier alpha value is -1.57. The van der Waals surface area contributed by atoms with Crippen LogP contribution in [0.1, 0.15) is 35.9 Å². The van der Waals surface area contributed by atoms with Crippen molar-refractivity contribution in [3.05, 3.63) is 35.6 Å². The number of aryl methyl sites for hydroxylation is 1. The molecule has 0 radical (unpaired) electrons. The highest BCUT2D eigenvalue weighted by atomic mass is 16.3. The van der Waals surface area contributed by atoms with E-state index < -0.39 is 0 Å². The fourth-order valence-electron chi connectivity index (χ4n) is 2.16. The number of para-hydroxylation sites is 1. The van der Waals surface area contributed by atoms with Crippen molar-refractivity contribution in [1.82, 2.24) is 0 Å². The van der Waals surface area contributed by atoms with Gasteiger partial charge in [0.05, 0.1) is 5.56 Å². The Kier molecular flexibility index (Phi) is 2.10. The highest BCUT2D eigenvalue weighted by molar-refractivity contribution is 6.10. The molecule has 2 aromatic rings. The topological polar surface area (TPSA) is 30.2 Å². The van der Waals surface area contributed by atoms with Crippen LogP contribution in [0.4, 0.5) is 0 Å². The number of hydrogen-bond donors (Lipinski definition) is 0. The van der Waals surface area contributed by atoms with Gasteiger partial charge in [0.25, 0.3) is 0 Å². The Morgan fingerprint density at radius 2 is 2.12 bits per heavy atom. The SMILES string of the molecule is CCc1oc2ccccc2c1C(=O)C1CC1. The lowest BCUT2D eigenvalue weighted by Crippen LogP contribution is -2.03. The maximum Gasteiger partial charge on any atom is 0.170 e. The van der Waals surface area contributed by atoms with Crippen LogP contribution in [0.2, 0.25) is 0 Å². The number of carbonyl (C=O) groups is 1. The van der Waals surface area contributed by atoms with E-state index in [9.17, 15) is 4.79 Å². The first-order valence-electron chi connectivity index (χ1n) is 5.86. The Balaban J connectivity index is 2.22. The largest absolute Gasteiger partial charge is 0.460 e. The lowest BCUT2D eigenvalue weighted by molar-refractivity contribution is 0.0967. The first kappa shape index (κ1) is 9.64. The first-order chi connectivity index (χ1) is 7.81. The number of ketones is 1. The summed E-state index contributed by atoms with van der Waals surface area (Å²) in [6.45, 7) is 2.03. The molecule has 0 bridgehead atoms. The van der Waals surface area contributed by atoms with Crippen molar-refractivity contribution >= 4 is 16.8 Å². The number of benzene rings is 1. The van der Waals surface area contributed by atoms with E-state index in [0.29, 0.717) is 0 Å². The summed E-state index contributed by atoms with van der Waals surface area (Å²) in [5.41, 5.74) is 1.67. The average molecular weight is 214 g/mol. The number of carbonyl (C=O) groups excluding carboxylic acids is 1. The normalized spacial score (nSPS) is 15.6. The molecule has 82 valence electrons. The zero-order valence-corrected chi connectivity index (χ0v) is 9.32. The fourth-order valence-corrected chi connectivity index (χ4v) is 2.16. The molecule has 3 rings (SSSR count). The smallest absolute Gasteiger partial charge is 0.170 e. The first-order valence-corrected chi connectivity index (χ1v) is 5.86. The number of rotatable bonds is 3. The van der Waals surface area contributed by atoms with Crippen LogP contribution in [0.25, 0.3) is 11.0 Å². The van der Waals surface area contributed by atoms with Gasteiger partial charge < -0.3 is 4.42 Å². The minimum absolute atomic E-state index is 0.256. The molecule has 1 fully saturated rings. The summed E-state index contributed by atoms with van der Waals surface area (Å²) in [6.07, 6.45) is 2.87. The van der Waals surface area contributed by atoms with Crippen LogP contribution in [0.5, 0.6) is 0 Å². The predicted octanol–water partition coefficient (Wildman–Crippen LogP) is 3.59. The van der Waals surface area contributed by atoms with Crippen LogP contribution < -0.4 is 0 Å². The van der Waals surface area contributed by atoms with Crippen molar-refractivity contribution < 1.29 is 9.21 Å².